The van der Waals surface area contributed by atoms with Crippen LogP contribution >= 0.6 is 11.8 Å². The molecule has 5 heteroatoms. The zero-order valence-corrected chi connectivity index (χ0v) is 20.9. The van der Waals surface area contributed by atoms with Crippen LogP contribution in [0.5, 0.6) is 0 Å². The van der Waals surface area contributed by atoms with E-state index in [0.717, 1.165) is 32.8 Å². The molecule has 0 aromatic heterocycles. The number of thioether (sulfide) groups is 1. The third-order valence-electron chi connectivity index (χ3n) is 5.96. The molecule has 0 heterocycles. The predicted octanol–water partition coefficient (Wildman–Crippen LogP) is 7.34. The lowest BCUT2D eigenvalue weighted by molar-refractivity contribution is -0.115. The zero-order valence-electron chi connectivity index (χ0n) is 20.0. The fourth-order valence-corrected chi connectivity index (χ4v) is 4.79. The molecular formula is C30H28N2O2S. The fourth-order valence-electron chi connectivity index (χ4n) is 3.76. The van der Waals surface area contributed by atoms with E-state index < -0.39 is 5.25 Å². The summed E-state index contributed by atoms with van der Waals surface area (Å²) < 4.78 is 0. The number of nitrogens with one attached hydrogen (secondary N) is 2. The summed E-state index contributed by atoms with van der Waals surface area (Å²) in [4.78, 5) is 27.0. The third-order valence-corrected chi connectivity index (χ3v) is 7.23. The van der Waals surface area contributed by atoms with Crippen LogP contribution in [0.15, 0.2) is 102 Å². The second-order valence-corrected chi connectivity index (χ2v) is 9.62. The van der Waals surface area contributed by atoms with Gasteiger partial charge in [0.2, 0.25) is 5.91 Å². The number of rotatable bonds is 7. The largest absolute Gasteiger partial charge is 0.325 e. The van der Waals surface area contributed by atoms with Gasteiger partial charge in [-0.15, -0.1) is 11.8 Å². The minimum atomic E-state index is -0.427. The Kier molecular flexibility index (Phi) is 7.68. The molecule has 4 aromatic carbocycles. The van der Waals surface area contributed by atoms with Gasteiger partial charge in [-0.1, -0.05) is 60.7 Å². The molecule has 0 aliphatic heterocycles. The van der Waals surface area contributed by atoms with Crippen LogP contribution < -0.4 is 10.6 Å². The molecule has 0 aliphatic rings. The quantitative estimate of drug-likeness (QED) is 0.272. The van der Waals surface area contributed by atoms with E-state index >= 15 is 0 Å². The van der Waals surface area contributed by atoms with Crippen molar-refractivity contribution in [3.63, 3.8) is 0 Å². The number of amides is 2. The van der Waals surface area contributed by atoms with Crippen LogP contribution in [0.4, 0.5) is 11.4 Å². The Labute approximate surface area is 210 Å². The summed E-state index contributed by atoms with van der Waals surface area (Å²) in [6.45, 7) is 5.97. The lowest BCUT2D eigenvalue weighted by atomic mass is 10.1. The summed E-state index contributed by atoms with van der Waals surface area (Å²) in [5, 5.41) is 5.64. The van der Waals surface area contributed by atoms with Crippen molar-refractivity contribution >= 4 is 35.0 Å². The predicted molar refractivity (Wildman–Crippen MR) is 145 cm³/mol. The van der Waals surface area contributed by atoms with Crippen LogP contribution in [0.25, 0.3) is 0 Å². The number of hydrogen-bond donors (Lipinski definition) is 2. The normalized spacial score (nSPS) is 11.5. The maximum atomic E-state index is 13.4. The van der Waals surface area contributed by atoms with Gasteiger partial charge in [0.25, 0.3) is 5.91 Å². The number of benzene rings is 4. The molecule has 0 radical (unpaired) electrons. The molecule has 0 aliphatic carbocycles. The number of aryl methyl sites for hydroxylation is 2. The van der Waals surface area contributed by atoms with Gasteiger partial charge >= 0.3 is 0 Å². The van der Waals surface area contributed by atoms with Gasteiger partial charge in [0.05, 0.1) is 0 Å². The molecule has 1 atom stereocenters. The van der Waals surface area contributed by atoms with Crippen molar-refractivity contribution in [2.24, 2.45) is 0 Å². The molecule has 1 unspecified atom stereocenters. The Morgan fingerprint density at radius 3 is 2.06 bits per heavy atom. The molecular weight excluding hydrogens is 452 g/mol. The second-order valence-electron chi connectivity index (χ2n) is 8.44. The summed E-state index contributed by atoms with van der Waals surface area (Å²) in [5.41, 5.74) is 6.24. The van der Waals surface area contributed by atoms with E-state index in [1.165, 1.54) is 11.8 Å². The van der Waals surface area contributed by atoms with Crippen LogP contribution in [-0.4, -0.2) is 11.8 Å². The molecule has 4 rings (SSSR count). The monoisotopic (exact) mass is 480 g/mol. The molecule has 35 heavy (non-hydrogen) atoms. The van der Waals surface area contributed by atoms with E-state index in [1.54, 1.807) is 0 Å². The molecule has 0 fully saturated rings. The highest BCUT2D eigenvalue weighted by Gasteiger charge is 2.23. The topological polar surface area (TPSA) is 58.2 Å². The zero-order chi connectivity index (χ0) is 24.8. The highest BCUT2D eigenvalue weighted by Crippen LogP contribution is 2.37. The molecule has 2 N–H and O–H groups in total. The lowest BCUT2D eigenvalue weighted by Crippen LogP contribution is -2.19. The summed E-state index contributed by atoms with van der Waals surface area (Å²) in [7, 11) is 0. The van der Waals surface area contributed by atoms with E-state index in [1.807, 2.05) is 118 Å². The first-order chi connectivity index (χ1) is 16.9. The summed E-state index contributed by atoms with van der Waals surface area (Å²) >= 11 is 1.48. The Hall–Kier alpha value is -3.83. The van der Waals surface area contributed by atoms with Gasteiger partial charge < -0.3 is 10.6 Å². The molecule has 4 aromatic rings. The molecule has 0 saturated carbocycles. The maximum absolute atomic E-state index is 13.4. The highest BCUT2D eigenvalue weighted by molar-refractivity contribution is 8.00. The minimum absolute atomic E-state index is 0.0770. The Morgan fingerprint density at radius 2 is 1.34 bits per heavy atom. The van der Waals surface area contributed by atoms with E-state index in [0.29, 0.717) is 11.3 Å². The number of carbonyl (C=O) groups excluding carboxylic acids is 2. The van der Waals surface area contributed by atoms with Crippen LogP contribution in [0.1, 0.15) is 37.9 Å². The maximum Gasteiger partial charge on any atom is 0.255 e. The van der Waals surface area contributed by atoms with E-state index in [9.17, 15) is 9.59 Å². The first-order valence-electron chi connectivity index (χ1n) is 11.5. The van der Waals surface area contributed by atoms with Crippen molar-refractivity contribution in [2.75, 3.05) is 10.6 Å². The number of anilines is 2. The Balaban J connectivity index is 1.51. The third kappa shape index (κ3) is 6.00. The summed E-state index contributed by atoms with van der Waals surface area (Å²) in [6.07, 6.45) is 0. The van der Waals surface area contributed by atoms with Gasteiger partial charge in [0.15, 0.2) is 0 Å². The Bertz CT molecular complexity index is 1330. The van der Waals surface area contributed by atoms with Crippen LogP contribution in [-0.2, 0) is 4.79 Å². The first kappa shape index (κ1) is 24.3. The van der Waals surface area contributed by atoms with Gasteiger partial charge in [0.1, 0.15) is 5.25 Å². The second kappa shape index (κ2) is 11.1. The standard InChI is InChI=1S/C30H28N2O2S/c1-20-11-9-15-27(22(20)3)32-30(34)28(23-12-5-4-6-13-23)35-25-18-16-24(17-19-25)31-29(33)26-14-8-7-10-21(26)2/h4-19,28H,1-3H3,(H,31,33)(H,32,34). The molecule has 4 nitrogen and oxygen atoms in total. The summed E-state index contributed by atoms with van der Waals surface area (Å²) in [5.74, 6) is -0.217. The van der Waals surface area contributed by atoms with Gasteiger partial charge in [0, 0.05) is 21.8 Å². The smallest absolute Gasteiger partial charge is 0.255 e. The van der Waals surface area contributed by atoms with Crippen molar-refractivity contribution in [1.29, 1.82) is 0 Å². The molecule has 2 amide bonds. The van der Waals surface area contributed by atoms with Gasteiger partial charge in [-0.2, -0.15) is 0 Å². The average Bonchev–Trinajstić information content (AvgIpc) is 2.87. The molecule has 0 bridgehead atoms. The van der Waals surface area contributed by atoms with Crippen LogP contribution in [0, 0.1) is 20.8 Å². The van der Waals surface area contributed by atoms with Gasteiger partial charge in [-0.3, -0.25) is 9.59 Å². The minimum Gasteiger partial charge on any atom is -0.325 e. The Morgan fingerprint density at radius 1 is 0.686 bits per heavy atom. The van der Waals surface area contributed by atoms with E-state index in [4.69, 9.17) is 0 Å². The van der Waals surface area contributed by atoms with Gasteiger partial charge in [-0.05, 0) is 79.4 Å². The van der Waals surface area contributed by atoms with Crippen molar-refractivity contribution < 1.29 is 9.59 Å². The van der Waals surface area contributed by atoms with Crippen molar-refractivity contribution in [2.45, 2.75) is 30.9 Å². The van der Waals surface area contributed by atoms with Crippen LogP contribution in [0.2, 0.25) is 0 Å². The average molecular weight is 481 g/mol. The molecule has 176 valence electrons. The molecule has 0 spiro atoms. The highest BCUT2D eigenvalue weighted by atomic mass is 32.2. The van der Waals surface area contributed by atoms with Crippen LogP contribution in [0.3, 0.4) is 0 Å². The summed E-state index contributed by atoms with van der Waals surface area (Å²) in [6, 6.07) is 30.8. The van der Waals surface area contributed by atoms with Crippen molar-refractivity contribution in [3.05, 3.63) is 125 Å². The fraction of sp³-hybridized carbons (Fsp3) is 0.133. The van der Waals surface area contributed by atoms with Crippen molar-refractivity contribution in [3.8, 4) is 0 Å². The number of hydrogen-bond acceptors (Lipinski definition) is 3. The van der Waals surface area contributed by atoms with E-state index in [-0.39, 0.29) is 11.8 Å². The first-order valence-corrected chi connectivity index (χ1v) is 12.4. The number of carbonyl (C=O) groups is 2. The molecule has 0 saturated heterocycles. The SMILES string of the molecule is Cc1ccccc1C(=O)Nc1ccc(SC(C(=O)Nc2cccc(C)c2C)c2ccccc2)cc1. The van der Waals surface area contributed by atoms with Crippen molar-refractivity contribution in [1.82, 2.24) is 0 Å². The lowest BCUT2D eigenvalue weighted by Gasteiger charge is -2.19. The van der Waals surface area contributed by atoms with Gasteiger partial charge in [-0.25, -0.2) is 0 Å². The van der Waals surface area contributed by atoms with E-state index in [2.05, 4.69) is 10.6 Å².